The van der Waals surface area contributed by atoms with Crippen LogP contribution in [-0.4, -0.2) is 17.9 Å². The second-order valence-corrected chi connectivity index (χ2v) is 6.72. The van der Waals surface area contributed by atoms with Gasteiger partial charge in [-0.1, -0.05) is 43.6 Å². The summed E-state index contributed by atoms with van der Waals surface area (Å²) in [7, 11) is 0. The lowest BCUT2D eigenvalue weighted by Crippen LogP contribution is -2.32. The van der Waals surface area contributed by atoms with E-state index in [1.165, 1.54) is 0 Å². The first-order valence-corrected chi connectivity index (χ1v) is 8.97. The van der Waals surface area contributed by atoms with Crippen LogP contribution >= 0.6 is 11.6 Å². The number of amides is 2. The third-order valence-electron chi connectivity index (χ3n) is 4.37. The van der Waals surface area contributed by atoms with Crippen molar-refractivity contribution in [2.45, 2.75) is 39.2 Å². The lowest BCUT2D eigenvalue weighted by atomic mass is 9.97. The molecule has 2 rings (SSSR count). The molecule has 2 aromatic carbocycles. The van der Waals surface area contributed by atoms with Crippen LogP contribution in [0.1, 0.15) is 49.0 Å². The maximum absolute atomic E-state index is 12.6. The van der Waals surface area contributed by atoms with Crippen molar-refractivity contribution in [2.24, 2.45) is 5.73 Å². The van der Waals surface area contributed by atoms with Gasteiger partial charge < -0.3 is 16.4 Å². The van der Waals surface area contributed by atoms with E-state index in [-0.39, 0.29) is 16.5 Å². The van der Waals surface area contributed by atoms with E-state index in [1.54, 1.807) is 25.1 Å². The van der Waals surface area contributed by atoms with Gasteiger partial charge in [-0.05, 0) is 49.1 Å². The zero-order valence-electron chi connectivity index (χ0n) is 15.2. The number of halogens is 1. The Labute approximate surface area is 158 Å². The minimum atomic E-state index is -0.613. The van der Waals surface area contributed by atoms with Crippen molar-refractivity contribution >= 4 is 34.8 Å². The van der Waals surface area contributed by atoms with Crippen LogP contribution in [0.4, 0.5) is 11.4 Å². The average molecular weight is 374 g/mol. The minimum absolute atomic E-state index is 0.170. The largest absolute Gasteiger partial charge is 0.374 e. The summed E-state index contributed by atoms with van der Waals surface area (Å²) in [5.74, 6) is -0.432. The van der Waals surface area contributed by atoms with Gasteiger partial charge in [-0.25, -0.2) is 0 Å². The van der Waals surface area contributed by atoms with Crippen molar-refractivity contribution in [2.75, 3.05) is 10.6 Å². The van der Waals surface area contributed by atoms with E-state index in [1.807, 2.05) is 24.3 Å². The number of anilines is 2. The molecule has 0 aliphatic rings. The predicted octanol–water partition coefficient (Wildman–Crippen LogP) is 4.39. The van der Waals surface area contributed by atoms with Crippen molar-refractivity contribution in [3.63, 3.8) is 0 Å². The molecule has 4 N–H and O–H groups in total. The Hall–Kier alpha value is -2.53. The number of hydrogen-bond acceptors (Lipinski definition) is 3. The van der Waals surface area contributed by atoms with Gasteiger partial charge in [0.05, 0.1) is 10.6 Å². The smallest absolute Gasteiger partial charge is 0.250 e. The second-order valence-electron chi connectivity index (χ2n) is 6.31. The average Bonchev–Trinajstić information content (AvgIpc) is 2.62. The molecule has 0 spiro atoms. The fraction of sp³-hybridized carbons (Fsp3) is 0.300. The molecule has 0 bridgehead atoms. The molecule has 2 amide bonds. The molecule has 0 radical (unpaired) electrons. The molecule has 0 heterocycles. The minimum Gasteiger partial charge on any atom is -0.374 e. The number of hydrogen-bond donors (Lipinski definition) is 3. The van der Waals surface area contributed by atoms with E-state index in [9.17, 15) is 9.59 Å². The van der Waals surface area contributed by atoms with Gasteiger partial charge in [-0.15, -0.1) is 0 Å². The van der Waals surface area contributed by atoms with Crippen molar-refractivity contribution in [3.05, 3.63) is 58.6 Å². The highest BCUT2D eigenvalue weighted by Gasteiger charge is 2.17. The topological polar surface area (TPSA) is 84.2 Å². The number of nitrogens with one attached hydrogen (secondary N) is 2. The third kappa shape index (κ3) is 4.76. The maximum atomic E-state index is 12.6. The van der Waals surface area contributed by atoms with E-state index in [4.69, 9.17) is 17.3 Å². The molecule has 2 atom stereocenters. The lowest BCUT2D eigenvalue weighted by Gasteiger charge is -2.19. The molecule has 0 aliphatic carbocycles. The summed E-state index contributed by atoms with van der Waals surface area (Å²) >= 11 is 5.95. The zero-order valence-corrected chi connectivity index (χ0v) is 15.9. The molecule has 26 heavy (non-hydrogen) atoms. The Morgan fingerprint density at radius 3 is 2.50 bits per heavy atom. The summed E-state index contributed by atoms with van der Waals surface area (Å²) in [4.78, 5) is 24.0. The molecule has 5 nitrogen and oxygen atoms in total. The van der Waals surface area contributed by atoms with Gasteiger partial charge >= 0.3 is 0 Å². The second kappa shape index (κ2) is 8.72. The molecule has 0 saturated carbocycles. The van der Waals surface area contributed by atoms with Crippen molar-refractivity contribution in [1.82, 2.24) is 0 Å². The molecule has 138 valence electrons. The summed E-state index contributed by atoms with van der Waals surface area (Å²) in [6, 6.07) is 12.1. The summed E-state index contributed by atoms with van der Waals surface area (Å²) in [5, 5.41) is 6.32. The van der Waals surface area contributed by atoms with Crippen molar-refractivity contribution < 1.29 is 9.59 Å². The summed E-state index contributed by atoms with van der Waals surface area (Å²) in [6.45, 7) is 6.00. The van der Waals surface area contributed by atoms with Crippen LogP contribution in [0.5, 0.6) is 0 Å². The van der Waals surface area contributed by atoms with E-state index in [2.05, 4.69) is 24.5 Å². The molecule has 0 fully saturated rings. The van der Waals surface area contributed by atoms with Crippen molar-refractivity contribution in [3.8, 4) is 0 Å². The van der Waals surface area contributed by atoms with Gasteiger partial charge in [0.15, 0.2) is 0 Å². The van der Waals surface area contributed by atoms with Gasteiger partial charge in [0.2, 0.25) is 11.8 Å². The van der Waals surface area contributed by atoms with Crippen LogP contribution in [0, 0.1) is 0 Å². The number of carbonyl (C=O) groups excluding carboxylic acids is 2. The molecule has 0 aromatic heterocycles. The molecular weight excluding hydrogens is 350 g/mol. The molecule has 0 aliphatic heterocycles. The van der Waals surface area contributed by atoms with Gasteiger partial charge in [-0.2, -0.15) is 0 Å². The Bertz CT molecular complexity index is 807. The van der Waals surface area contributed by atoms with Crippen LogP contribution in [0.25, 0.3) is 0 Å². The van der Waals surface area contributed by atoms with Gasteiger partial charge in [-0.3, -0.25) is 9.59 Å². The monoisotopic (exact) mass is 373 g/mol. The number of carbonyl (C=O) groups is 2. The van der Waals surface area contributed by atoms with Crippen LogP contribution in [0.3, 0.4) is 0 Å². The first kappa shape index (κ1) is 19.8. The highest BCUT2D eigenvalue weighted by molar-refractivity contribution is 6.33. The fourth-order valence-corrected chi connectivity index (χ4v) is 2.83. The first-order valence-electron chi connectivity index (χ1n) is 8.59. The molecule has 6 heteroatoms. The number of benzene rings is 2. The maximum Gasteiger partial charge on any atom is 0.250 e. The normalized spacial score (nSPS) is 12.9. The van der Waals surface area contributed by atoms with Gasteiger partial charge in [0.1, 0.15) is 6.04 Å². The number of rotatable bonds is 7. The van der Waals surface area contributed by atoms with E-state index >= 15 is 0 Å². The molecule has 0 saturated heterocycles. The van der Waals surface area contributed by atoms with Crippen LogP contribution < -0.4 is 16.4 Å². The molecule has 2 aromatic rings. The summed E-state index contributed by atoms with van der Waals surface area (Å²) in [6.07, 6.45) is 0.987. The SMILES string of the molecule is CC[C@@H](C)c1ccccc1NC(=O)[C@@H](C)Nc1ccc(Cl)c(C(N)=O)c1. The van der Waals surface area contributed by atoms with Crippen LogP contribution in [-0.2, 0) is 4.79 Å². The van der Waals surface area contributed by atoms with Gasteiger partial charge in [0, 0.05) is 11.4 Å². The highest BCUT2D eigenvalue weighted by Crippen LogP contribution is 2.27. The molecule has 0 unspecified atom stereocenters. The van der Waals surface area contributed by atoms with E-state index in [0.29, 0.717) is 11.6 Å². The van der Waals surface area contributed by atoms with Crippen molar-refractivity contribution in [1.29, 1.82) is 0 Å². The van der Waals surface area contributed by atoms with Crippen LogP contribution in [0.2, 0.25) is 5.02 Å². The lowest BCUT2D eigenvalue weighted by molar-refractivity contribution is -0.116. The summed E-state index contributed by atoms with van der Waals surface area (Å²) in [5.41, 5.74) is 8.04. The van der Waals surface area contributed by atoms with Crippen LogP contribution in [0.15, 0.2) is 42.5 Å². The van der Waals surface area contributed by atoms with E-state index in [0.717, 1.165) is 17.7 Å². The number of nitrogens with two attached hydrogens (primary N) is 1. The first-order chi connectivity index (χ1) is 12.3. The Kier molecular flexibility index (Phi) is 6.64. The Balaban J connectivity index is 2.12. The highest BCUT2D eigenvalue weighted by atomic mass is 35.5. The van der Waals surface area contributed by atoms with Gasteiger partial charge in [0.25, 0.3) is 0 Å². The Morgan fingerprint density at radius 1 is 1.15 bits per heavy atom. The molecular formula is C20H24ClN3O2. The Morgan fingerprint density at radius 2 is 1.85 bits per heavy atom. The summed E-state index contributed by atoms with van der Waals surface area (Å²) < 4.78 is 0. The standard InChI is InChI=1S/C20H24ClN3O2/c1-4-12(2)15-7-5-6-8-18(15)24-20(26)13(3)23-14-9-10-17(21)16(11-14)19(22)25/h5-13,23H,4H2,1-3H3,(H2,22,25)(H,24,26)/t12-,13-/m1/s1. The third-order valence-corrected chi connectivity index (χ3v) is 4.70. The number of para-hydroxylation sites is 1. The van der Waals surface area contributed by atoms with E-state index < -0.39 is 11.9 Å². The quantitative estimate of drug-likeness (QED) is 0.672. The fourth-order valence-electron chi connectivity index (χ4n) is 2.62. The predicted molar refractivity (Wildman–Crippen MR) is 107 cm³/mol. The number of primary amides is 1. The zero-order chi connectivity index (χ0) is 19.3.